The number of carbonyl (C=O) groups excluding carboxylic acids is 1. The Kier molecular flexibility index (Phi) is 3.54. The van der Waals surface area contributed by atoms with E-state index in [1.165, 1.54) is 6.42 Å². The lowest BCUT2D eigenvalue weighted by Crippen LogP contribution is -2.42. The Labute approximate surface area is 119 Å². The van der Waals surface area contributed by atoms with E-state index in [1.807, 2.05) is 22.7 Å². The lowest BCUT2D eigenvalue weighted by Gasteiger charge is -2.38. The first-order valence-corrected chi connectivity index (χ1v) is 7.46. The molecule has 0 spiro atoms. The van der Waals surface area contributed by atoms with E-state index >= 15 is 0 Å². The third-order valence-electron chi connectivity index (χ3n) is 4.51. The van der Waals surface area contributed by atoms with Gasteiger partial charge in [-0.25, -0.2) is 4.98 Å². The Bertz CT molecular complexity index is 489. The number of hydrogen-bond donors (Lipinski definition) is 0. The number of nitrogens with zero attached hydrogens (tertiary/aromatic N) is 3. The molecule has 1 amide bonds. The Morgan fingerprint density at radius 1 is 1.55 bits per heavy atom. The maximum absolute atomic E-state index is 12.4. The molecule has 1 heterocycles. The standard InChI is InChI=1S/C15H23N3O2/c1-15(6-3-7-15)20-10-14(19)18(12-4-5-12)9-13-8-16-11-17(13)2/h8,11-12H,3-7,9-10H2,1-2H3. The van der Waals surface area contributed by atoms with Crippen LogP contribution in [0.2, 0.25) is 0 Å². The molecule has 0 saturated heterocycles. The molecule has 0 radical (unpaired) electrons. The van der Waals surface area contributed by atoms with Crippen LogP contribution in [0.25, 0.3) is 0 Å². The van der Waals surface area contributed by atoms with Gasteiger partial charge in [0, 0.05) is 19.3 Å². The van der Waals surface area contributed by atoms with Gasteiger partial charge >= 0.3 is 0 Å². The number of aryl methyl sites for hydroxylation is 1. The van der Waals surface area contributed by atoms with Crippen molar-refractivity contribution >= 4 is 5.91 Å². The summed E-state index contributed by atoms with van der Waals surface area (Å²) in [6.45, 7) is 2.96. The summed E-state index contributed by atoms with van der Waals surface area (Å²) in [5.74, 6) is 0.113. The summed E-state index contributed by atoms with van der Waals surface area (Å²) in [7, 11) is 1.96. The van der Waals surface area contributed by atoms with Crippen LogP contribution in [0.15, 0.2) is 12.5 Å². The summed E-state index contributed by atoms with van der Waals surface area (Å²) < 4.78 is 7.79. The monoisotopic (exact) mass is 277 g/mol. The van der Waals surface area contributed by atoms with Gasteiger partial charge in [-0.2, -0.15) is 0 Å². The Balaban J connectivity index is 1.58. The molecular formula is C15H23N3O2. The fourth-order valence-corrected chi connectivity index (χ4v) is 2.66. The van der Waals surface area contributed by atoms with E-state index in [1.54, 1.807) is 6.33 Å². The molecule has 3 rings (SSSR count). The molecule has 0 aliphatic heterocycles. The molecule has 2 aliphatic rings. The second-order valence-electron chi connectivity index (χ2n) is 6.34. The highest BCUT2D eigenvalue weighted by Crippen LogP contribution is 2.35. The molecule has 0 atom stereocenters. The molecule has 110 valence electrons. The van der Waals surface area contributed by atoms with Gasteiger partial charge in [-0.15, -0.1) is 0 Å². The molecule has 5 nitrogen and oxygen atoms in total. The maximum Gasteiger partial charge on any atom is 0.249 e. The average Bonchev–Trinajstić information content (AvgIpc) is 3.15. The molecule has 1 aromatic rings. The summed E-state index contributed by atoms with van der Waals surface area (Å²) >= 11 is 0. The van der Waals surface area contributed by atoms with Gasteiger partial charge in [0.1, 0.15) is 6.61 Å². The fraction of sp³-hybridized carbons (Fsp3) is 0.733. The Morgan fingerprint density at radius 3 is 2.80 bits per heavy atom. The highest BCUT2D eigenvalue weighted by atomic mass is 16.5. The van der Waals surface area contributed by atoms with Crippen molar-refractivity contribution in [1.29, 1.82) is 0 Å². The smallest absolute Gasteiger partial charge is 0.249 e. The largest absolute Gasteiger partial charge is 0.365 e. The van der Waals surface area contributed by atoms with Crippen LogP contribution in [0.1, 0.15) is 44.7 Å². The van der Waals surface area contributed by atoms with Crippen LogP contribution in [-0.4, -0.2) is 38.6 Å². The van der Waals surface area contributed by atoms with Gasteiger partial charge in [-0.3, -0.25) is 4.79 Å². The van der Waals surface area contributed by atoms with Gasteiger partial charge in [0.15, 0.2) is 0 Å². The third-order valence-corrected chi connectivity index (χ3v) is 4.51. The molecule has 2 fully saturated rings. The molecule has 0 bridgehead atoms. The topological polar surface area (TPSA) is 47.4 Å². The third kappa shape index (κ3) is 2.87. The van der Waals surface area contributed by atoms with E-state index in [0.29, 0.717) is 12.6 Å². The van der Waals surface area contributed by atoms with E-state index in [-0.39, 0.29) is 18.1 Å². The van der Waals surface area contributed by atoms with Crippen LogP contribution in [0.4, 0.5) is 0 Å². The van der Waals surface area contributed by atoms with Crippen molar-refractivity contribution in [2.75, 3.05) is 6.61 Å². The molecule has 2 aliphatic carbocycles. The number of amides is 1. The number of imidazole rings is 1. The van der Waals surface area contributed by atoms with Crippen molar-refractivity contribution in [2.45, 2.75) is 57.2 Å². The Morgan fingerprint density at radius 2 is 2.30 bits per heavy atom. The van der Waals surface area contributed by atoms with Gasteiger partial charge in [0.25, 0.3) is 0 Å². The van der Waals surface area contributed by atoms with Crippen molar-refractivity contribution in [3.05, 3.63) is 18.2 Å². The molecule has 20 heavy (non-hydrogen) atoms. The van der Waals surface area contributed by atoms with Gasteiger partial charge in [-0.1, -0.05) is 0 Å². The highest BCUT2D eigenvalue weighted by Gasteiger charge is 2.36. The molecule has 1 aromatic heterocycles. The summed E-state index contributed by atoms with van der Waals surface area (Å²) in [5, 5.41) is 0. The van der Waals surface area contributed by atoms with Crippen molar-refractivity contribution in [3.63, 3.8) is 0 Å². The first-order chi connectivity index (χ1) is 9.57. The first-order valence-electron chi connectivity index (χ1n) is 7.46. The van der Waals surface area contributed by atoms with Crippen LogP contribution in [-0.2, 0) is 23.1 Å². The van der Waals surface area contributed by atoms with Crippen LogP contribution in [0, 0.1) is 0 Å². The summed E-state index contributed by atoms with van der Waals surface area (Å²) in [6, 6.07) is 0.398. The second-order valence-corrected chi connectivity index (χ2v) is 6.34. The molecule has 0 unspecified atom stereocenters. The summed E-state index contributed by atoms with van der Waals surface area (Å²) in [6.07, 6.45) is 9.19. The van der Waals surface area contributed by atoms with E-state index in [0.717, 1.165) is 31.4 Å². The number of ether oxygens (including phenoxy) is 1. The molecule has 0 aromatic carbocycles. The van der Waals surface area contributed by atoms with E-state index < -0.39 is 0 Å². The molecule has 5 heteroatoms. The molecule has 2 saturated carbocycles. The average molecular weight is 277 g/mol. The van der Waals surface area contributed by atoms with Crippen LogP contribution >= 0.6 is 0 Å². The lowest BCUT2D eigenvalue weighted by molar-refractivity contribution is -0.150. The minimum atomic E-state index is -0.0581. The van der Waals surface area contributed by atoms with Gasteiger partial charge in [-0.05, 0) is 39.0 Å². The Hall–Kier alpha value is -1.36. The highest BCUT2D eigenvalue weighted by molar-refractivity contribution is 5.78. The zero-order chi connectivity index (χ0) is 14.2. The van der Waals surface area contributed by atoms with E-state index in [4.69, 9.17) is 4.74 Å². The SMILES string of the molecule is Cn1cncc1CN(C(=O)COC1(C)CCC1)C1CC1. The van der Waals surface area contributed by atoms with Gasteiger partial charge in [0.05, 0.1) is 24.2 Å². The predicted molar refractivity (Wildman–Crippen MR) is 75.0 cm³/mol. The zero-order valence-electron chi connectivity index (χ0n) is 12.3. The zero-order valence-corrected chi connectivity index (χ0v) is 12.3. The van der Waals surface area contributed by atoms with Crippen molar-refractivity contribution in [1.82, 2.24) is 14.5 Å². The van der Waals surface area contributed by atoms with Crippen molar-refractivity contribution in [2.24, 2.45) is 7.05 Å². The number of rotatable bonds is 6. The minimum Gasteiger partial charge on any atom is -0.365 e. The number of aromatic nitrogens is 2. The first kappa shape index (κ1) is 13.6. The van der Waals surface area contributed by atoms with Crippen molar-refractivity contribution < 1.29 is 9.53 Å². The normalized spacial score (nSPS) is 20.5. The van der Waals surface area contributed by atoms with Crippen LogP contribution in [0.5, 0.6) is 0 Å². The quantitative estimate of drug-likeness (QED) is 0.797. The van der Waals surface area contributed by atoms with E-state index in [9.17, 15) is 4.79 Å². The van der Waals surface area contributed by atoms with Gasteiger partial charge < -0.3 is 14.2 Å². The van der Waals surface area contributed by atoms with E-state index in [2.05, 4.69) is 11.9 Å². The maximum atomic E-state index is 12.4. The second kappa shape index (κ2) is 5.20. The van der Waals surface area contributed by atoms with Crippen LogP contribution < -0.4 is 0 Å². The number of hydrogen-bond acceptors (Lipinski definition) is 3. The van der Waals surface area contributed by atoms with Gasteiger partial charge in [0.2, 0.25) is 5.91 Å². The predicted octanol–water partition coefficient (Wildman–Crippen LogP) is 1.87. The molecular weight excluding hydrogens is 254 g/mol. The summed E-state index contributed by atoms with van der Waals surface area (Å²) in [4.78, 5) is 18.5. The fourth-order valence-electron chi connectivity index (χ4n) is 2.66. The van der Waals surface area contributed by atoms with Crippen LogP contribution in [0.3, 0.4) is 0 Å². The molecule has 0 N–H and O–H groups in total. The van der Waals surface area contributed by atoms with Crippen molar-refractivity contribution in [3.8, 4) is 0 Å². The lowest BCUT2D eigenvalue weighted by atomic mass is 9.82. The number of carbonyl (C=O) groups is 1. The summed E-state index contributed by atoms with van der Waals surface area (Å²) in [5.41, 5.74) is 1.01. The minimum absolute atomic E-state index is 0.0581.